The Morgan fingerprint density at radius 3 is 2.50 bits per heavy atom. The quantitative estimate of drug-likeness (QED) is 0.412. The van der Waals surface area contributed by atoms with Crippen LogP contribution < -0.4 is 4.90 Å². The molecule has 2 aromatic heterocycles. The lowest BCUT2D eigenvalue weighted by Gasteiger charge is -2.20. The van der Waals surface area contributed by atoms with Crippen molar-refractivity contribution < 1.29 is 14.3 Å². The minimum atomic E-state index is -0.580. The van der Waals surface area contributed by atoms with Gasteiger partial charge in [-0.1, -0.05) is 47.2 Å². The summed E-state index contributed by atoms with van der Waals surface area (Å²) in [5.74, 6) is -0.957. The number of ether oxygens (including phenoxy) is 1. The molecule has 0 radical (unpaired) electrons. The van der Waals surface area contributed by atoms with Crippen LogP contribution in [0.5, 0.6) is 0 Å². The maximum atomic E-state index is 13.6. The zero-order chi connectivity index (χ0) is 21.1. The number of benzene rings is 2. The first-order valence-corrected chi connectivity index (χ1v) is 10.2. The molecule has 30 heavy (non-hydrogen) atoms. The number of hydrogen-bond donors (Lipinski definition) is 0. The standard InChI is InChI=1S/C22H16ClN3O3S/c1-29-21(28)16-9-3-2-8-15(16)20(27)26(13-14-7-4-5-12-24-14)22-25-19-17(23)10-6-11-18(19)30-22/h2-12H,13H2,1H3. The number of rotatable bonds is 5. The van der Waals surface area contributed by atoms with Gasteiger partial charge in [0.2, 0.25) is 0 Å². The molecule has 2 aromatic carbocycles. The Bertz CT molecular complexity index is 1230. The smallest absolute Gasteiger partial charge is 0.338 e. The number of carbonyl (C=O) groups excluding carboxylic acids is 2. The van der Waals surface area contributed by atoms with Crippen LogP contribution in [0.4, 0.5) is 5.13 Å². The molecule has 4 aromatic rings. The fraction of sp³-hybridized carbons (Fsp3) is 0.0909. The van der Waals surface area contributed by atoms with Crippen LogP contribution >= 0.6 is 22.9 Å². The molecule has 0 N–H and O–H groups in total. The van der Waals surface area contributed by atoms with E-state index in [4.69, 9.17) is 16.3 Å². The van der Waals surface area contributed by atoms with E-state index in [1.54, 1.807) is 42.6 Å². The Labute approximate surface area is 181 Å². The van der Waals surface area contributed by atoms with Gasteiger partial charge in [0.1, 0.15) is 5.52 Å². The summed E-state index contributed by atoms with van der Waals surface area (Å²) < 4.78 is 5.70. The predicted molar refractivity (Wildman–Crippen MR) is 117 cm³/mol. The Morgan fingerprint density at radius 2 is 1.80 bits per heavy atom. The van der Waals surface area contributed by atoms with Crippen LogP contribution in [0.2, 0.25) is 5.02 Å². The van der Waals surface area contributed by atoms with Gasteiger partial charge in [-0.15, -0.1) is 0 Å². The number of carbonyl (C=O) groups is 2. The molecule has 2 heterocycles. The number of thiazole rings is 1. The summed E-state index contributed by atoms with van der Waals surface area (Å²) in [6, 6.07) is 17.5. The van der Waals surface area contributed by atoms with Crippen molar-refractivity contribution in [2.75, 3.05) is 12.0 Å². The molecule has 0 bridgehead atoms. The van der Waals surface area contributed by atoms with Crippen molar-refractivity contribution in [1.29, 1.82) is 0 Å². The van der Waals surface area contributed by atoms with E-state index in [1.807, 2.05) is 24.3 Å². The first-order chi connectivity index (χ1) is 14.6. The second-order valence-electron chi connectivity index (χ2n) is 6.33. The minimum absolute atomic E-state index is 0.187. The highest BCUT2D eigenvalue weighted by molar-refractivity contribution is 7.22. The molecule has 0 aliphatic rings. The number of para-hydroxylation sites is 1. The molecular formula is C22H16ClN3O3S. The van der Waals surface area contributed by atoms with Crippen LogP contribution in [-0.4, -0.2) is 29.0 Å². The second-order valence-corrected chi connectivity index (χ2v) is 7.75. The SMILES string of the molecule is COC(=O)c1ccccc1C(=O)N(Cc1ccccn1)c1nc2c(Cl)cccc2s1. The Kier molecular flexibility index (Phi) is 5.74. The molecule has 0 saturated heterocycles. The van der Waals surface area contributed by atoms with E-state index < -0.39 is 5.97 Å². The van der Waals surface area contributed by atoms with Gasteiger partial charge >= 0.3 is 5.97 Å². The van der Waals surface area contributed by atoms with Crippen LogP contribution in [0.25, 0.3) is 10.2 Å². The highest BCUT2D eigenvalue weighted by atomic mass is 35.5. The number of fused-ring (bicyclic) bond motifs is 1. The van der Waals surface area contributed by atoms with Gasteiger partial charge in [-0.25, -0.2) is 9.78 Å². The van der Waals surface area contributed by atoms with E-state index in [1.165, 1.54) is 23.3 Å². The fourth-order valence-corrected chi connectivity index (χ4v) is 4.26. The fourth-order valence-electron chi connectivity index (χ4n) is 3.00. The van der Waals surface area contributed by atoms with Crippen LogP contribution in [0.3, 0.4) is 0 Å². The van der Waals surface area contributed by atoms with Gasteiger partial charge in [0.15, 0.2) is 5.13 Å². The average molecular weight is 438 g/mol. The number of amides is 1. The average Bonchev–Trinajstić information content (AvgIpc) is 3.22. The number of methoxy groups -OCH3 is 1. The van der Waals surface area contributed by atoms with Crippen molar-refractivity contribution in [3.63, 3.8) is 0 Å². The molecule has 0 aliphatic heterocycles. The summed E-state index contributed by atoms with van der Waals surface area (Å²) in [5.41, 5.74) is 1.73. The van der Waals surface area contributed by atoms with E-state index >= 15 is 0 Å². The zero-order valence-electron chi connectivity index (χ0n) is 15.9. The van der Waals surface area contributed by atoms with Gasteiger partial charge in [0.25, 0.3) is 5.91 Å². The minimum Gasteiger partial charge on any atom is -0.465 e. The first-order valence-electron chi connectivity index (χ1n) is 9.02. The normalized spacial score (nSPS) is 10.7. The summed E-state index contributed by atoms with van der Waals surface area (Å²) in [6.07, 6.45) is 1.66. The third-order valence-corrected chi connectivity index (χ3v) is 5.79. The van der Waals surface area contributed by atoms with Crippen LogP contribution in [0.15, 0.2) is 66.9 Å². The number of pyridine rings is 1. The number of nitrogens with zero attached hydrogens (tertiary/aromatic N) is 3. The van der Waals surface area contributed by atoms with Gasteiger partial charge in [-0.05, 0) is 36.4 Å². The molecular weight excluding hydrogens is 422 g/mol. The van der Waals surface area contributed by atoms with Crippen molar-refractivity contribution >= 4 is 50.2 Å². The largest absolute Gasteiger partial charge is 0.465 e. The highest BCUT2D eigenvalue weighted by Crippen LogP contribution is 2.34. The maximum Gasteiger partial charge on any atom is 0.338 e. The molecule has 8 heteroatoms. The van der Waals surface area contributed by atoms with Crippen molar-refractivity contribution in [2.45, 2.75) is 6.54 Å². The molecule has 1 amide bonds. The number of esters is 1. The lowest BCUT2D eigenvalue weighted by atomic mass is 10.1. The van der Waals surface area contributed by atoms with Crippen molar-refractivity contribution in [2.24, 2.45) is 0 Å². The Morgan fingerprint density at radius 1 is 1.03 bits per heavy atom. The lowest BCUT2D eigenvalue weighted by molar-refractivity contribution is 0.0597. The summed E-state index contributed by atoms with van der Waals surface area (Å²) in [7, 11) is 1.28. The molecule has 0 atom stereocenters. The molecule has 0 fully saturated rings. The number of aromatic nitrogens is 2. The summed E-state index contributed by atoms with van der Waals surface area (Å²) in [4.78, 5) is 36.2. The maximum absolute atomic E-state index is 13.6. The zero-order valence-corrected chi connectivity index (χ0v) is 17.5. The van der Waals surface area contributed by atoms with E-state index in [0.29, 0.717) is 21.4 Å². The summed E-state index contributed by atoms with van der Waals surface area (Å²) >= 11 is 7.63. The van der Waals surface area contributed by atoms with Crippen molar-refractivity contribution in [3.8, 4) is 0 Å². The lowest BCUT2D eigenvalue weighted by Crippen LogP contribution is -2.32. The molecule has 4 rings (SSSR count). The number of anilines is 1. The molecule has 0 aliphatic carbocycles. The van der Waals surface area contributed by atoms with E-state index in [9.17, 15) is 9.59 Å². The second kappa shape index (κ2) is 8.61. The molecule has 0 spiro atoms. The number of halogens is 1. The topological polar surface area (TPSA) is 72.4 Å². The third kappa shape index (κ3) is 3.90. The van der Waals surface area contributed by atoms with Crippen molar-refractivity contribution in [3.05, 3.63) is 88.7 Å². The van der Waals surface area contributed by atoms with Crippen LogP contribution in [0.1, 0.15) is 26.4 Å². The monoisotopic (exact) mass is 437 g/mol. The van der Waals surface area contributed by atoms with Crippen LogP contribution in [0, 0.1) is 0 Å². The van der Waals surface area contributed by atoms with Gasteiger partial charge < -0.3 is 4.74 Å². The highest BCUT2D eigenvalue weighted by Gasteiger charge is 2.26. The molecule has 6 nitrogen and oxygen atoms in total. The number of hydrogen-bond acceptors (Lipinski definition) is 6. The molecule has 150 valence electrons. The van der Waals surface area contributed by atoms with Gasteiger partial charge in [-0.3, -0.25) is 14.7 Å². The Hall–Kier alpha value is -3.29. The summed E-state index contributed by atoms with van der Waals surface area (Å²) in [5, 5.41) is 0.976. The van der Waals surface area contributed by atoms with E-state index in [0.717, 1.165) is 4.70 Å². The predicted octanol–water partition coefficient (Wildman–Crippen LogP) is 4.98. The van der Waals surface area contributed by atoms with Gasteiger partial charge in [-0.2, -0.15) is 0 Å². The van der Waals surface area contributed by atoms with Crippen molar-refractivity contribution in [1.82, 2.24) is 9.97 Å². The summed E-state index contributed by atoms with van der Waals surface area (Å²) in [6.45, 7) is 0.187. The van der Waals surface area contributed by atoms with Gasteiger partial charge in [0.05, 0.1) is 40.2 Å². The van der Waals surface area contributed by atoms with Gasteiger partial charge in [0, 0.05) is 6.20 Å². The molecule has 0 saturated carbocycles. The molecule has 0 unspecified atom stereocenters. The Balaban J connectivity index is 1.82. The van der Waals surface area contributed by atoms with E-state index in [-0.39, 0.29) is 23.6 Å². The van der Waals surface area contributed by atoms with Crippen LogP contribution in [-0.2, 0) is 11.3 Å². The third-order valence-electron chi connectivity index (χ3n) is 4.44. The van der Waals surface area contributed by atoms with E-state index in [2.05, 4.69) is 9.97 Å². The first kappa shape index (κ1) is 20.0.